The molecule has 0 aliphatic heterocycles. The van der Waals surface area contributed by atoms with Crippen LogP contribution in [0.2, 0.25) is 0 Å². The second kappa shape index (κ2) is 10.8. The van der Waals surface area contributed by atoms with E-state index in [4.69, 9.17) is 4.74 Å². The van der Waals surface area contributed by atoms with Gasteiger partial charge in [0, 0.05) is 29.7 Å². The standard InChI is InChI=1S/C28H24F3N3O3S/c1-18(2)33-13-14-38(35,36)23-11-9-21(10-12-23)37-22-6-3-5-19(15-22)26-20(16-32)17-34-27-24(26)7-4-8-25(27)28(29,30)31/h3-12,15,17-18,33H,13-14H2,1-2H3. The normalized spacial score (nSPS) is 12.0. The molecule has 0 unspecified atom stereocenters. The highest BCUT2D eigenvalue weighted by Gasteiger charge is 2.33. The van der Waals surface area contributed by atoms with Crippen molar-refractivity contribution < 1.29 is 26.3 Å². The molecule has 0 aliphatic rings. The summed E-state index contributed by atoms with van der Waals surface area (Å²) in [5.41, 5.74) is -0.229. The third-order valence-electron chi connectivity index (χ3n) is 5.79. The van der Waals surface area contributed by atoms with Crippen LogP contribution in [0.3, 0.4) is 0 Å². The van der Waals surface area contributed by atoms with Crippen molar-refractivity contribution >= 4 is 20.7 Å². The Kier molecular flexibility index (Phi) is 7.71. The zero-order valence-corrected chi connectivity index (χ0v) is 21.4. The largest absolute Gasteiger partial charge is 0.457 e. The van der Waals surface area contributed by atoms with E-state index in [0.29, 0.717) is 29.2 Å². The fourth-order valence-corrected chi connectivity index (χ4v) is 5.19. The van der Waals surface area contributed by atoms with Crippen LogP contribution in [0.15, 0.2) is 77.8 Å². The minimum atomic E-state index is -4.60. The number of hydrogen-bond acceptors (Lipinski definition) is 6. The molecule has 4 rings (SSSR count). The van der Waals surface area contributed by atoms with E-state index >= 15 is 0 Å². The van der Waals surface area contributed by atoms with Crippen LogP contribution in [0.25, 0.3) is 22.0 Å². The Labute approximate surface area is 218 Å². The van der Waals surface area contributed by atoms with Gasteiger partial charge >= 0.3 is 6.18 Å². The highest BCUT2D eigenvalue weighted by molar-refractivity contribution is 7.91. The van der Waals surface area contributed by atoms with Gasteiger partial charge in [0.05, 0.1) is 27.3 Å². The molecule has 4 aromatic rings. The summed E-state index contributed by atoms with van der Waals surface area (Å²) in [5, 5.41) is 12.9. The van der Waals surface area contributed by atoms with Crippen LogP contribution in [-0.2, 0) is 16.0 Å². The third-order valence-corrected chi connectivity index (χ3v) is 7.52. The summed E-state index contributed by atoms with van der Waals surface area (Å²) in [6.07, 6.45) is -3.47. The maximum absolute atomic E-state index is 13.6. The van der Waals surface area contributed by atoms with Gasteiger partial charge in [-0.05, 0) is 48.0 Å². The number of nitrogens with zero attached hydrogens (tertiary/aromatic N) is 2. The first-order valence-corrected chi connectivity index (χ1v) is 13.4. The predicted molar refractivity (Wildman–Crippen MR) is 139 cm³/mol. The zero-order chi connectivity index (χ0) is 27.5. The van der Waals surface area contributed by atoms with Gasteiger partial charge in [0.1, 0.15) is 17.6 Å². The molecule has 10 heteroatoms. The van der Waals surface area contributed by atoms with Crippen LogP contribution >= 0.6 is 0 Å². The third kappa shape index (κ3) is 5.96. The molecule has 0 fully saturated rings. The second-order valence-corrected chi connectivity index (χ2v) is 11.0. The number of aromatic nitrogens is 1. The van der Waals surface area contributed by atoms with Gasteiger partial charge < -0.3 is 10.1 Å². The summed E-state index contributed by atoms with van der Waals surface area (Å²) in [6.45, 7) is 4.21. The Balaban J connectivity index is 1.64. The van der Waals surface area contributed by atoms with E-state index in [1.54, 1.807) is 24.3 Å². The molecular weight excluding hydrogens is 515 g/mol. The summed E-state index contributed by atoms with van der Waals surface area (Å²) >= 11 is 0. The Hall–Kier alpha value is -3.94. The highest BCUT2D eigenvalue weighted by Crippen LogP contribution is 2.39. The van der Waals surface area contributed by atoms with Crippen LogP contribution in [-0.4, -0.2) is 31.7 Å². The predicted octanol–water partition coefficient (Wildman–Crippen LogP) is 6.36. The fraction of sp³-hybridized carbons (Fsp3) is 0.214. The van der Waals surface area contributed by atoms with Crippen molar-refractivity contribution in [3.8, 4) is 28.7 Å². The van der Waals surface area contributed by atoms with Crippen molar-refractivity contribution in [2.75, 3.05) is 12.3 Å². The van der Waals surface area contributed by atoms with Gasteiger partial charge in [-0.15, -0.1) is 0 Å². The van der Waals surface area contributed by atoms with Gasteiger partial charge in [-0.1, -0.05) is 38.1 Å². The minimum Gasteiger partial charge on any atom is -0.457 e. The van der Waals surface area contributed by atoms with Crippen molar-refractivity contribution in [1.29, 1.82) is 5.26 Å². The lowest BCUT2D eigenvalue weighted by atomic mass is 9.95. The fourth-order valence-electron chi connectivity index (χ4n) is 4.01. The number of benzene rings is 3. The zero-order valence-electron chi connectivity index (χ0n) is 20.6. The lowest BCUT2D eigenvalue weighted by Gasteiger charge is -2.14. The average Bonchev–Trinajstić information content (AvgIpc) is 2.87. The van der Waals surface area contributed by atoms with Gasteiger partial charge in [-0.2, -0.15) is 18.4 Å². The molecule has 1 N–H and O–H groups in total. The Morgan fingerprint density at radius 3 is 2.39 bits per heavy atom. The quantitative estimate of drug-likeness (QED) is 0.280. The molecule has 3 aromatic carbocycles. The number of rotatable bonds is 8. The Morgan fingerprint density at radius 2 is 1.74 bits per heavy atom. The first kappa shape index (κ1) is 27.1. The average molecular weight is 540 g/mol. The molecule has 38 heavy (non-hydrogen) atoms. The van der Waals surface area contributed by atoms with Crippen molar-refractivity contribution in [3.05, 3.63) is 84.1 Å². The SMILES string of the molecule is CC(C)NCCS(=O)(=O)c1ccc(Oc2cccc(-c3c(C#N)cnc4c(C(F)(F)F)cccc34)c2)cc1. The van der Waals surface area contributed by atoms with Crippen LogP contribution in [0.5, 0.6) is 11.5 Å². The molecule has 0 aliphatic carbocycles. The topological polar surface area (TPSA) is 92.1 Å². The maximum atomic E-state index is 13.6. The van der Waals surface area contributed by atoms with Crippen LogP contribution < -0.4 is 10.1 Å². The van der Waals surface area contributed by atoms with E-state index in [2.05, 4.69) is 10.3 Å². The number of nitrogens with one attached hydrogen (secondary N) is 1. The number of fused-ring (bicyclic) bond motifs is 1. The lowest BCUT2D eigenvalue weighted by Crippen LogP contribution is -2.28. The monoisotopic (exact) mass is 539 g/mol. The van der Waals surface area contributed by atoms with Crippen LogP contribution in [0.1, 0.15) is 25.0 Å². The number of ether oxygens (including phenoxy) is 1. The molecule has 0 saturated heterocycles. The van der Waals surface area contributed by atoms with Crippen molar-refractivity contribution in [2.45, 2.75) is 31.0 Å². The number of nitriles is 1. The number of hydrogen-bond donors (Lipinski definition) is 1. The molecule has 1 aromatic heterocycles. The van der Waals surface area contributed by atoms with E-state index in [-0.39, 0.29) is 33.2 Å². The van der Waals surface area contributed by atoms with E-state index in [0.717, 1.165) is 12.3 Å². The van der Waals surface area contributed by atoms with Gasteiger partial charge in [-0.25, -0.2) is 8.42 Å². The Bertz CT molecular complexity index is 1610. The van der Waals surface area contributed by atoms with Crippen LogP contribution in [0, 0.1) is 11.3 Å². The molecule has 0 bridgehead atoms. The van der Waals surface area contributed by atoms with E-state index in [1.807, 2.05) is 19.9 Å². The van der Waals surface area contributed by atoms with Gasteiger partial charge in [0.25, 0.3) is 0 Å². The van der Waals surface area contributed by atoms with Gasteiger partial charge in [0.15, 0.2) is 9.84 Å². The molecule has 0 saturated carbocycles. The molecule has 0 atom stereocenters. The molecule has 6 nitrogen and oxygen atoms in total. The first-order chi connectivity index (χ1) is 18.0. The minimum absolute atomic E-state index is 0.0371. The number of pyridine rings is 1. The van der Waals surface area contributed by atoms with E-state index in [9.17, 15) is 26.9 Å². The maximum Gasteiger partial charge on any atom is 0.418 e. The molecule has 0 radical (unpaired) electrons. The highest BCUT2D eigenvalue weighted by atomic mass is 32.2. The van der Waals surface area contributed by atoms with Gasteiger partial charge in [-0.3, -0.25) is 4.98 Å². The number of halogens is 3. The molecule has 0 spiro atoms. The van der Waals surface area contributed by atoms with Crippen molar-refractivity contribution in [2.24, 2.45) is 0 Å². The number of alkyl halides is 3. The number of para-hydroxylation sites is 1. The molecule has 196 valence electrons. The number of sulfone groups is 1. The van der Waals surface area contributed by atoms with Gasteiger partial charge in [0.2, 0.25) is 0 Å². The lowest BCUT2D eigenvalue weighted by molar-refractivity contribution is -0.136. The van der Waals surface area contributed by atoms with Crippen LogP contribution in [0.4, 0.5) is 13.2 Å². The Morgan fingerprint density at radius 1 is 1.03 bits per heavy atom. The second-order valence-electron chi connectivity index (χ2n) is 8.89. The van der Waals surface area contributed by atoms with E-state index in [1.165, 1.54) is 36.4 Å². The van der Waals surface area contributed by atoms with Crippen molar-refractivity contribution in [3.63, 3.8) is 0 Å². The first-order valence-electron chi connectivity index (χ1n) is 11.7. The summed E-state index contributed by atoms with van der Waals surface area (Å²) in [6, 6.07) is 18.5. The summed E-state index contributed by atoms with van der Waals surface area (Å²) in [7, 11) is -3.47. The molecular formula is C28H24F3N3O3S. The molecule has 0 amide bonds. The summed E-state index contributed by atoms with van der Waals surface area (Å²) < 4.78 is 71.7. The summed E-state index contributed by atoms with van der Waals surface area (Å²) in [5.74, 6) is 0.700. The summed E-state index contributed by atoms with van der Waals surface area (Å²) in [4.78, 5) is 4.10. The van der Waals surface area contributed by atoms with E-state index < -0.39 is 21.6 Å². The molecule has 1 heterocycles. The van der Waals surface area contributed by atoms with Crippen molar-refractivity contribution in [1.82, 2.24) is 10.3 Å². The smallest absolute Gasteiger partial charge is 0.418 e.